The van der Waals surface area contributed by atoms with Crippen LogP contribution in [-0.2, 0) is 10.0 Å². The summed E-state index contributed by atoms with van der Waals surface area (Å²) in [5.41, 5.74) is -0.00806. The molecule has 1 aliphatic carbocycles. The normalized spacial score (nSPS) is 22.0. The van der Waals surface area contributed by atoms with Crippen molar-refractivity contribution in [2.75, 3.05) is 11.9 Å². The SMILES string of the molecule is CCNc1ncccc1S(=O)(=O)NC1CCCCC1(C)C. The Morgan fingerprint density at radius 3 is 2.81 bits per heavy atom. The van der Waals surface area contributed by atoms with E-state index in [1.807, 2.05) is 6.92 Å². The number of nitrogens with zero attached hydrogens (tertiary/aromatic N) is 1. The highest BCUT2D eigenvalue weighted by molar-refractivity contribution is 7.89. The summed E-state index contributed by atoms with van der Waals surface area (Å²) in [5, 5.41) is 3.01. The van der Waals surface area contributed by atoms with Crippen LogP contribution < -0.4 is 10.0 Å². The molecule has 0 amide bonds. The van der Waals surface area contributed by atoms with Crippen LogP contribution in [0.4, 0.5) is 5.82 Å². The van der Waals surface area contributed by atoms with Crippen molar-refractivity contribution in [3.63, 3.8) is 0 Å². The Balaban J connectivity index is 2.26. The van der Waals surface area contributed by atoms with Gasteiger partial charge in [0.2, 0.25) is 10.0 Å². The number of nitrogens with one attached hydrogen (secondary N) is 2. The molecule has 0 bridgehead atoms. The van der Waals surface area contributed by atoms with Crippen LogP contribution in [-0.4, -0.2) is 26.0 Å². The van der Waals surface area contributed by atoms with Gasteiger partial charge in [-0.15, -0.1) is 0 Å². The monoisotopic (exact) mass is 311 g/mol. The standard InChI is InChI=1S/C15H25N3O2S/c1-4-16-14-12(8-7-11-17-14)21(19,20)18-13-9-5-6-10-15(13,2)3/h7-8,11,13,18H,4-6,9-10H2,1-3H3,(H,16,17). The van der Waals surface area contributed by atoms with Gasteiger partial charge in [0, 0.05) is 18.8 Å². The predicted octanol–water partition coefficient (Wildman–Crippen LogP) is 2.76. The fourth-order valence-corrected chi connectivity index (χ4v) is 4.45. The Kier molecular flexibility index (Phi) is 4.88. The zero-order chi connectivity index (χ0) is 15.5. The zero-order valence-corrected chi connectivity index (χ0v) is 13.8. The van der Waals surface area contributed by atoms with Crippen molar-refractivity contribution in [1.29, 1.82) is 0 Å². The summed E-state index contributed by atoms with van der Waals surface area (Å²) in [4.78, 5) is 4.36. The first-order valence-corrected chi connectivity index (χ1v) is 9.06. The lowest BCUT2D eigenvalue weighted by atomic mass is 9.74. The summed E-state index contributed by atoms with van der Waals surface area (Å²) in [6.07, 6.45) is 5.78. The van der Waals surface area contributed by atoms with Crippen molar-refractivity contribution in [3.8, 4) is 0 Å². The Hall–Kier alpha value is -1.14. The second kappa shape index (κ2) is 6.32. The number of sulfonamides is 1. The molecular weight excluding hydrogens is 286 g/mol. The molecule has 0 spiro atoms. The van der Waals surface area contributed by atoms with Crippen LogP contribution in [0.3, 0.4) is 0 Å². The molecule has 21 heavy (non-hydrogen) atoms. The van der Waals surface area contributed by atoms with Crippen molar-refractivity contribution in [2.24, 2.45) is 5.41 Å². The molecule has 6 heteroatoms. The second-order valence-corrected chi connectivity index (χ2v) is 7.97. The van der Waals surface area contributed by atoms with Crippen LogP contribution in [0.2, 0.25) is 0 Å². The molecule has 1 heterocycles. The van der Waals surface area contributed by atoms with Crippen molar-refractivity contribution in [1.82, 2.24) is 9.71 Å². The Labute approximate surface area is 127 Å². The Bertz CT molecular complexity index is 584. The molecule has 0 saturated heterocycles. The van der Waals surface area contributed by atoms with Gasteiger partial charge in [0.1, 0.15) is 10.7 Å². The van der Waals surface area contributed by atoms with Gasteiger partial charge in [-0.25, -0.2) is 18.1 Å². The van der Waals surface area contributed by atoms with Gasteiger partial charge in [-0.3, -0.25) is 0 Å². The van der Waals surface area contributed by atoms with Gasteiger partial charge in [-0.1, -0.05) is 26.7 Å². The van der Waals surface area contributed by atoms with Crippen LogP contribution in [0.1, 0.15) is 46.5 Å². The van der Waals surface area contributed by atoms with E-state index in [1.54, 1.807) is 18.3 Å². The highest BCUT2D eigenvalue weighted by atomic mass is 32.2. The molecule has 118 valence electrons. The van der Waals surface area contributed by atoms with E-state index in [1.165, 1.54) is 6.42 Å². The second-order valence-electron chi connectivity index (χ2n) is 6.29. The molecule has 1 aliphatic rings. The minimum Gasteiger partial charge on any atom is -0.369 e. The third-order valence-electron chi connectivity index (χ3n) is 4.21. The van der Waals surface area contributed by atoms with Gasteiger partial charge in [0.15, 0.2) is 0 Å². The molecular formula is C15H25N3O2S. The van der Waals surface area contributed by atoms with E-state index in [9.17, 15) is 8.42 Å². The van der Waals surface area contributed by atoms with E-state index in [2.05, 4.69) is 28.9 Å². The van der Waals surface area contributed by atoms with E-state index >= 15 is 0 Å². The fourth-order valence-electron chi connectivity index (χ4n) is 2.87. The molecule has 1 saturated carbocycles. The summed E-state index contributed by atoms with van der Waals surface area (Å²) < 4.78 is 28.3. The largest absolute Gasteiger partial charge is 0.369 e. The fraction of sp³-hybridized carbons (Fsp3) is 0.667. The molecule has 1 atom stereocenters. The van der Waals surface area contributed by atoms with E-state index in [4.69, 9.17) is 0 Å². The molecule has 0 radical (unpaired) electrons. The minimum absolute atomic E-state index is 0.00806. The summed E-state index contributed by atoms with van der Waals surface area (Å²) in [6.45, 7) is 6.82. The van der Waals surface area contributed by atoms with Crippen LogP contribution in [0, 0.1) is 5.41 Å². The van der Waals surface area contributed by atoms with Crippen molar-refractivity contribution in [2.45, 2.75) is 57.4 Å². The van der Waals surface area contributed by atoms with Crippen molar-refractivity contribution < 1.29 is 8.42 Å². The predicted molar refractivity (Wildman–Crippen MR) is 84.8 cm³/mol. The molecule has 2 rings (SSSR count). The van der Waals surface area contributed by atoms with E-state index in [-0.39, 0.29) is 16.4 Å². The summed E-state index contributed by atoms with van der Waals surface area (Å²) in [6, 6.07) is 3.23. The van der Waals surface area contributed by atoms with Gasteiger partial charge < -0.3 is 5.32 Å². The summed E-state index contributed by atoms with van der Waals surface area (Å²) in [7, 11) is -3.56. The molecule has 0 aromatic carbocycles. The Morgan fingerprint density at radius 1 is 1.38 bits per heavy atom. The van der Waals surface area contributed by atoms with Crippen molar-refractivity contribution in [3.05, 3.63) is 18.3 Å². The number of hydrogen-bond donors (Lipinski definition) is 2. The molecule has 1 aromatic rings. The van der Waals surface area contributed by atoms with Crippen LogP contribution in [0.25, 0.3) is 0 Å². The third-order valence-corrected chi connectivity index (χ3v) is 5.71. The number of hydrogen-bond acceptors (Lipinski definition) is 4. The van der Waals surface area contributed by atoms with E-state index in [0.717, 1.165) is 19.3 Å². The Morgan fingerprint density at radius 2 is 2.14 bits per heavy atom. The molecule has 1 aromatic heterocycles. The quantitative estimate of drug-likeness (QED) is 0.877. The maximum atomic E-state index is 12.7. The topological polar surface area (TPSA) is 71.1 Å². The van der Waals surface area contributed by atoms with Gasteiger partial charge in [0.05, 0.1) is 0 Å². The minimum atomic E-state index is -3.56. The number of aromatic nitrogens is 1. The highest BCUT2D eigenvalue weighted by Crippen LogP contribution is 2.36. The third kappa shape index (κ3) is 3.74. The number of pyridine rings is 1. The van der Waals surface area contributed by atoms with Gasteiger partial charge >= 0.3 is 0 Å². The first kappa shape index (κ1) is 16.2. The summed E-state index contributed by atoms with van der Waals surface area (Å²) >= 11 is 0. The molecule has 1 fully saturated rings. The average molecular weight is 311 g/mol. The van der Waals surface area contributed by atoms with E-state index in [0.29, 0.717) is 12.4 Å². The van der Waals surface area contributed by atoms with Gasteiger partial charge in [0.25, 0.3) is 0 Å². The first-order chi connectivity index (χ1) is 9.87. The maximum absolute atomic E-state index is 12.7. The lowest BCUT2D eigenvalue weighted by molar-refractivity contribution is 0.188. The molecule has 0 aliphatic heterocycles. The average Bonchev–Trinajstić information content (AvgIpc) is 2.42. The lowest BCUT2D eigenvalue weighted by Gasteiger charge is -2.38. The van der Waals surface area contributed by atoms with Gasteiger partial charge in [-0.05, 0) is 37.3 Å². The lowest BCUT2D eigenvalue weighted by Crippen LogP contribution is -2.46. The van der Waals surface area contributed by atoms with Crippen molar-refractivity contribution >= 4 is 15.8 Å². The summed E-state index contributed by atoms with van der Waals surface area (Å²) in [5.74, 6) is 0.418. The number of rotatable bonds is 5. The number of anilines is 1. The molecule has 1 unspecified atom stereocenters. The maximum Gasteiger partial charge on any atom is 0.244 e. The molecule has 2 N–H and O–H groups in total. The van der Waals surface area contributed by atoms with E-state index < -0.39 is 10.0 Å². The van der Waals surface area contributed by atoms with Crippen LogP contribution in [0.15, 0.2) is 23.2 Å². The highest BCUT2D eigenvalue weighted by Gasteiger charge is 2.35. The zero-order valence-electron chi connectivity index (χ0n) is 13.0. The molecule has 5 nitrogen and oxygen atoms in total. The van der Waals surface area contributed by atoms with Gasteiger partial charge in [-0.2, -0.15) is 0 Å². The van der Waals surface area contributed by atoms with Crippen LogP contribution >= 0.6 is 0 Å². The smallest absolute Gasteiger partial charge is 0.244 e. The first-order valence-electron chi connectivity index (χ1n) is 7.58. The van der Waals surface area contributed by atoms with Crippen LogP contribution in [0.5, 0.6) is 0 Å².